The van der Waals surface area contributed by atoms with E-state index in [1.807, 2.05) is 30.3 Å². The van der Waals surface area contributed by atoms with Gasteiger partial charge in [-0.25, -0.2) is 13.4 Å². The van der Waals surface area contributed by atoms with Crippen LogP contribution < -0.4 is 14.8 Å². The molecule has 1 N–H and O–H groups in total. The van der Waals surface area contributed by atoms with Crippen LogP contribution in [0.5, 0.6) is 11.5 Å². The quantitative estimate of drug-likeness (QED) is 0.280. The van der Waals surface area contributed by atoms with Gasteiger partial charge in [0.2, 0.25) is 21.9 Å². The van der Waals surface area contributed by atoms with Gasteiger partial charge in [0, 0.05) is 28.9 Å². The van der Waals surface area contributed by atoms with Gasteiger partial charge in [-0.15, -0.1) is 0 Å². The number of imidazole rings is 1. The highest BCUT2D eigenvalue weighted by atomic mass is 35.5. The number of carbonyl (C=O) groups is 1. The maximum atomic E-state index is 13.3. The van der Waals surface area contributed by atoms with E-state index in [9.17, 15) is 13.2 Å². The lowest BCUT2D eigenvalue weighted by Crippen LogP contribution is -2.42. The molecule has 1 aromatic heterocycles. The predicted molar refractivity (Wildman–Crippen MR) is 151 cm³/mol. The van der Waals surface area contributed by atoms with E-state index in [2.05, 4.69) is 10.3 Å². The Bertz CT molecular complexity index is 1550. The molecule has 0 fully saturated rings. The minimum absolute atomic E-state index is 0.0478. The van der Waals surface area contributed by atoms with E-state index >= 15 is 0 Å². The van der Waals surface area contributed by atoms with Crippen molar-refractivity contribution in [1.29, 1.82) is 0 Å². The largest absolute Gasteiger partial charge is 0.493 e. The van der Waals surface area contributed by atoms with E-state index in [0.29, 0.717) is 27.9 Å². The monoisotopic (exact) mass is 568 g/mol. The normalized spacial score (nSPS) is 11.6. The summed E-state index contributed by atoms with van der Waals surface area (Å²) in [6.45, 7) is 3.00. The van der Waals surface area contributed by atoms with Gasteiger partial charge in [-0.05, 0) is 50.2 Å². The highest BCUT2D eigenvalue weighted by Gasteiger charge is 2.29. The lowest BCUT2D eigenvalue weighted by molar-refractivity contribution is -0.116. The van der Waals surface area contributed by atoms with Crippen molar-refractivity contribution < 1.29 is 22.7 Å². The molecular weight excluding hydrogens is 540 g/mol. The van der Waals surface area contributed by atoms with Gasteiger partial charge >= 0.3 is 0 Å². The molecule has 0 saturated heterocycles. The minimum Gasteiger partial charge on any atom is -0.493 e. The number of rotatable bonds is 10. The fourth-order valence-corrected chi connectivity index (χ4v) is 5.70. The van der Waals surface area contributed by atoms with Crippen LogP contribution in [0.25, 0.3) is 16.9 Å². The molecule has 0 unspecified atom stereocenters. The number of carbonyl (C=O) groups excluding carboxylic acids is 1. The van der Waals surface area contributed by atoms with Crippen LogP contribution in [0.3, 0.4) is 0 Å². The average molecular weight is 569 g/mol. The standard InChI is InChI=1S/C28H29ClN4O5S/c1-19(2)33(39(35,36)23-13-10-21(29)11-14-23)18-27(34)31-28-30-24(20-8-6-5-7-9-20)17-32(28)22-12-15-25(37-3)26(16-22)38-4/h5-17,19H,18H2,1-4H3,(H,30,31,34). The summed E-state index contributed by atoms with van der Waals surface area (Å²) in [5.74, 6) is 0.726. The van der Waals surface area contributed by atoms with Crippen molar-refractivity contribution in [2.24, 2.45) is 0 Å². The van der Waals surface area contributed by atoms with Gasteiger partial charge < -0.3 is 9.47 Å². The summed E-state index contributed by atoms with van der Waals surface area (Å²) < 4.78 is 40.3. The molecule has 1 amide bonds. The molecule has 3 aromatic carbocycles. The van der Waals surface area contributed by atoms with Crippen LogP contribution in [0.4, 0.5) is 5.95 Å². The molecule has 0 bridgehead atoms. The van der Waals surface area contributed by atoms with E-state index in [1.54, 1.807) is 49.9 Å². The van der Waals surface area contributed by atoms with Gasteiger partial charge in [0.15, 0.2) is 11.5 Å². The molecule has 4 aromatic rings. The van der Waals surface area contributed by atoms with Crippen molar-refractivity contribution in [3.8, 4) is 28.4 Å². The zero-order valence-electron chi connectivity index (χ0n) is 22.0. The Balaban J connectivity index is 1.68. The number of hydrogen-bond donors (Lipinski definition) is 1. The van der Waals surface area contributed by atoms with Crippen molar-refractivity contribution in [3.63, 3.8) is 0 Å². The van der Waals surface area contributed by atoms with Gasteiger partial charge in [-0.3, -0.25) is 14.7 Å². The van der Waals surface area contributed by atoms with Gasteiger partial charge in [0.05, 0.1) is 37.0 Å². The van der Waals surface area contributed by atoms with Gasteiger partial charge in [0.1, 0.15) is 0 Å². The Morgan fingerprint density at radius 3 is 2.28 bits per heavy atom. The molecule has 1 heterocycles. The van der Waals surface area contributed by atoms with Crippen molar-refractivity contribution >= 4 is 33.5 Å². The second-order valence-electron chi connectivity index (χ2n) is 8.87. The number of benzene rings is 3. The Labute approximate surface area is 233 Å². The third kappa shape index (κ3) is 6.25. The van der Waals surface area contributed by atoms with Crippen molar-refractivity contribution in [1.82, 2.24) is 13.9 Å². The summed E-state index contributed by atoms with van der Waals surface area (Å²) in [7, 11) is -0.880. The molecule has 0 radical (unpaired) electrons. The molecular formula is C28H29ClN4O5S. The topological polar surface area (TPSA) is 103 Å². The first-order chi connectivity index (χ1) is 18.6. The minimum atomic E-state index is -3.96. The molecule has 0 saturated carbocycles. The van der Waals surface area contributed by atoms with E-state index in [1.165, 1.54) is 31.4 Å². The molecule has 0 spiro atoms. The van der Waals surface area contributed by atoms with Crippen LogP contribution in [0.15, 0.2) is 83.9 Å². The molecule has 204 valence electrons. The zero-order valence-corrected chi connectivity index (χ0v) is 23.5. The lowest BCUT2D eigenvalue weighted by Gasteiger charge is -2.25. The van der Waals surface area contributed by atoms with E-state index in [0.717, 1.165) is 9.87 Å². The lowest BCUT2D eigenvalue weighted by atomic mass is 10.2. The number of nitrogens with one attached hydrogen (secondary N) is 1. The van der Waals surface area contributed by atoms with Crippen LogP contribution in [-0.2, 0) is 14.8 Å². The third-order valence-electron chi connectivity index (χ3n) is 5.97. The molecule has 0 aliphatic heterocycles. The van der Waals surface area contributed by atoms with Crippen molar-refractivity contribution in [2.75, 3.05) is 26.1 Å². The Morgan fingerprint density at radius 1 is 1.00 bits per heavy atom. The van der Waals surface area contributed by atoms with Gasteiger partial charge in [0.25, 0.3) is 0 Å². The first-order valence-corrected chi connectivity index (χ1v) is 13.9. The fourth-order valence-electron chi connectivity index (χ4n) is 3.98. The molecule has 4 rings (SSSR count). The SMILES string of the molecule is COc1ccc(-n2cc(-c3ccccc3)nc2NC(=O)CN(C(C)C)S(=O)(=O)c2ccc(Cl)cc2)cc1OC. The smallest absolute Gasteiger partial charge is 0.243 e. The number of hydrogen-bond acceptors (Lipinski definition) is 6. The number of sulfonamides is 1. The molecule has 11 heteroatoms. The van der Waals surface area contributed by atoms with E-state index in [-0.39, 0.29) is 10.8 Å². The number of aromatic nitrogens is 2. The summed E-state index contributed by atoms with van der Waals surface area (Å²) in [6.07, 6.45) is 1.79. The Kier molecular flexibility index (Phi) is 8.59. The summed E-state index contributed by atoms with van der Waals surface area (Å²) in [5.41, 5.74) is 2.13. The molecule has 0 atom stereocenters. The molecule has 0 aliphatic carbocycles. The van der Waals surface area contributed by atoms with E-state index < -0.39 is 28.5 Å². The summed E-state index contributed by atoms with van der Waals surface area (Å²) in [5, 5.41) is 3.21. The van der Waals surface area contributed by atoms with Crippen LogP contribution >= 0.6 is 11.6 Å². The molecule has 39 heavy (non-hydrogen) atoms. The van der Waals surface area contributed by atoms with Crippen LogP contribution in [-0.4, -0.2) is 55.0 Å². The maximum absolute atomic E-state index is 13.3. The van der Waals surface area contributed by atoms with E-state index in [4.69, 9.17) is 21.1 Å². The summed E-state index contributed by atoms with van der Waals surface area (Å²) in [4.78, 5) is 18.0. The maximum Gasteiger partial charge on any atom is 0.243 e. The zero-order chi connectivity index (χ0) is 28.2. The number of methoxy groups -OCH3 is 2. The molecule has 0 aliphatic rings. The first-order valence-electron chi connectivity index (χ1n) is 12.1. The number of nitrogens with zero attached hydrogens (tertiary/aromatic N) is 3. The number of anilines is 1. The number of halogens is 1. The highest BCUT2D eigenvalue weighted by Crippen LogP contribution is 2.32. The third-order valence-corrected chi connectivity index (χ3v) is 8.26. The van der Waals surface area contributed by atoms with Crippen molar-refractivity contribution in [2.45, 2.75) is 24.8 Å². The van der Waals surface area contributed by atoms with Crippen LogP contribution in [0.2, 0.25) is 5.02 Å². The van der Waals surface area contributed by atoms with Crippen molar-refractivity contribution in [3.05, 3.63) is 84.0 Å². The first kappa shape index (κ1) is 28.2. The summed E-state index contributed by atoms with van der Waals surface area (Å²) >= 11 is 5.93. The fraction of sp³-hybridized carbons (Fsp3) is 0.214. The van der Waals surface area contributed by atoms with Crippen LogP contribution in [0, 0.1) is 0 Å². The number of ether oxygens (including phenoxy) is 2. The predicted octanol–water partition coefficient (Wildman–Crippen LogP) is 5.25. The Hall–Kier alpha value is -3.86. The molecule has 9 nitrogen and oxygen atoms in total. The van der Waals surface area contributed by atoms with Gasteiger partial charge in [-0.1, -0.05) is 41.9 Å². The number of amides is 1. The van der Waals surface area contributed by atoms with Gasteiger partial charge in [-0.2, -0.15) is 4.31 Å². The second kappa shape index (κ2) is 11.9. The average Bonchev–Trinajstić information content (AvgIpc) is 3.35. The Morgan fingerprint density at radius 2 is 1.67 bits per heavy atom. The summed E-state index contributed by atoms with van der Waals surface area (Å²) in [6, 6.07) is 20.2. The highest BCUT2D eigenvalue weighted by molar-refractivity contribution is 7.89. The van der Waals surface area contributed by atoms with Crippen LogP contribution in [0.1, 0.15) is 13.8 Å². The second-order valence-corrected chi connectivity index (χ2v) is 11.2.